The van der Waals surface area contributed by atoms with Crippen LogP contribution in [0.3, 0.4) is 0 Å². The molecule has 1 aromatic carbocycles. The Bertz CT molecular complexity index is 459. The van der Waals surface area contributed by atoms with Crippen LogP contribution in [0.5, 0.6) is 0 Å². The lowest BCUT2D eigenvalue weighted by atomic mass is 10.3. The van der Waals surface area contributed by atoms with Crippen LogP contribution in [-0.4, -0.2) is 26.8 Å². The van der Waals surface area contributed by atoms with Crippen molar-refractivity contribution in [3.05, 3.63) is 22.7 Å². The number of halogens is 1. The molecule has 1 rings (SSSR count). The minimum absolute atomic E-state index is 0.368. The largest absolute Gasteiger partial charge is 0.397 e. The monoisotopic (exact) mass is 293 g/mol. The topological polar surface area (TPSA) is 75.4 Å². The Morgan fingerprint density at radius 3 is 2.47 bits per heavy atom. The normalized spacial score (nSPS) is 11.7. The van der Waals surface area contributed by atoms with Crippen molar-refractivity contribution in [2.45, 2.75) is 0 Å². The van der Waals surface area contributed by atoms with Crippen LogP contribution in [0.2, 0.25) is 0 Å². The molecule has 0 heterocycles. The Labute approximate surface area is 97.6 Å². The molecule has 0 fully saturated rings. The quantitative estimate of drug-likeness (QED) is 0.824. The van der Waals surface area contributed by atoms with Crippen LogP contribution in [0.25, 0.3) is 0 Å². The first-order valence-corrected chi connectivity index (χ1v) is 6.31. The first-order valence-electron chi connectivity index (χ1n) is 4.08. The molecule has 1 aromatic rings. The average Bonchev–Trinajstić information content (AvgIpc) is 2.09. The van der Waals surface area contributed by atoms with Gasteiger partial charge in [-0.1, -0.05) is 15.9 Å². The number of hydrogen-bond acceptors (Lipinski definition) is 3. The lowest BCUT2D eigenvalue weighted by Crippen LogP contribution is -2.29. The number of hydrogen-bond donors (Lipinski definition) is 2. The Kier molecular flexibility index (Phi) is 3.58. The molecule has 84 valence electrons. The van der Waals surface area contributed by atoms with E-state index >= 15 is 0 Å². The molecule has 0 amide bonds. The van der Waals surface area contributed by atoms with Gasteiger partial charge >= 0.3 is 10.2 Å². The summed E-state index contributed by atoms with van der Waals surface area (Å²) in [5, 5.41) is 0. The highest BCUT2D eigenvalue weighted by Crippen LogP contribution is 2.24. The van der Waals surface area contributed by atoms with Crippen LogP contribution >= 0.6 is 15.9 Å². The zero-order chi connectivity index (χ0) is 11.6. The van der Waals surface area contributed by atoms with Crippen molar-refractivity contribution in [2.75, 3.05) is 24.6 Å². The highest BCUT2D eigenvalue weighted by molar-refractivity contribution is 9.10. The van der Waals surface area contributed by atoms with Gasteiger partial charge in [-0.05, 0) is 18.2 Å². The summed E-state index contributed by atoms with van der Waals surface area (Å²) in [6, 6.07) is 4.94. The molecule has 0 aliphatic carbocycles. The molecule has 0 radical (unpaired) electrons. The van der Waals surface area contributed by atoms with E-state index in [1.807, 2.05) is 0 Å². The number of rotatable bonds is 3. The summed E-state index contributed by atoms with van der Waals surface area (Å²) in [5.41, 5.74) is 6.39. The van der Waals surface area contributed by atoms with E-state index < -0.39 is 10.2 Å². The van der Waals surface area contributed by atoms with E-state index in [1.54, 1.807) is 18.2 Å². The molecule has 0 spiro atoms. The SMILES string of the molecule is CN(C)S(=O)(=O)Nc1ccc(Br)cc1N. The summed E-state index contributed by atoms with van der Waals surface area (Å²) in [5.74, 6) is 0. The summed E-state index contributed by atoms with van der Waals surface area (Å²) in [7, 11) is -0.615. The van der Waals surface area contributed by atoms with Crippen LogP contribution in [0.15, 0.2) is 22.7 Å². The van der Waals surface area contributed by atoms with Crippen LogP contribution in [0.4, 0.5) is 11.4 Å². The van der Waals surface area contributed by atoms with Crippen molar-refractivity contribution in [3.8, 4) is 0 Å². The predicted molar refractivity (Wildman–Crippen MR) is 64.8 cm³/mol. The number of nitrogens with two attached hydrogens (primary N) is 1. The molecule has 0 aromatic heterocycles. The zero-order valence-electron chi connectivity index (χ0n) is 8.36. The lowest BCUT2D eigenvalue weighted by Gasteiger charge is -2.14. The van der Waals surface area contributed by atoms with Crippen molar-refractivity contribution in [3.63, 3.8) is 0 Å². The van der Waals surface area contributed by atoms with Crippen molar-refractivity contribution in [1.82, 2.24) is 4.31 Å². The summed E-state index contributed by atoms with van der Waals surface area (Å²) in [4.78, 5) is 0. The molecular formula is C8H12BrN3O2S. The number of nitrogen functional groups attached to an aromatic ring is 1. The standard InChI is InChI=1S/C8H12BrN3O2S/c1-12(2)15(13,14)11-8-4-3-6(9)5-7(8)10/h3-5,11H,10H2,1-2H3. The molecule has 0 bridgehead atoms. The van der Waals surface area contributed by atoms with Crippen molar-refractivity contribution in [1.29, 1.82) is 0 Å². The lowest BCUT2D eigenvalue weighted by molar-refractivity contribution is 0.527. The van der Waals surface area contributed by atoms with Crippen LogP contribution < -0.4 is 10.5 Å². The van der Waals surface area contributed by atoms with Gasteiger partial charge in [-0.15, -0.1) is 0 Å². The van der Waals surface area contributed by atoms with E-state index in [1.165, 1.54) is 14.1 Å². The molecule has 15 heavy (non-hydrogen) atoms. The fourth-order valence-corrected chi connectivity index (χ4v) is 1.88. The van der Waals surface area contributed by atoms with Gasteiger partial charge in [0.1, 0.15) is 0 Å². The van der Waals surface area contributed by atoms with Gasteiger partial charge in [0.15, 0.2) is 0 Å². The molecule has 0 atom stereocenters. The fraction of sp³-hybridized carbons (Fsp3) is 0.250. The summed E-state index contributed by atoms with van der Waals surface area (Å²) in [6.45, 7) is 0. The van der Waals surface area contributed by atoms with Crippen LogP contribution in [0.1, 0.15) is 0 Å². The van der Waals surface area contributed by atoms with Gasteiger partial charge in [-0.2, -0.15) is 12.7 Å². The Balaban J connectivity index is 3.01. The number of benzene rings is 1. The van der Waals surface area contributed by atoms with Crippen molar-refractivity contribution in [2.24, 2.45) is 0 Å². The van der Waals surface area contributed by atoms with Gasteiger partial charge in [0.25, 0.3) is 0 Å². The maximum Gasteiger partial charge on any atom is 0.301 e. The van der Waals surface area contributed by atoms with E-state index in [0.717, 1.165) is 8.78 Å². The molecule has 0 unspecified atom stereocenters. The first-order chi connectivity index (χ1) is 6.83. The number of anilines is 2. The van der Waals surface area contributed by atoms with E-state index in [0.29, 0.717) is 11.4 Å². The summed E-state index contributed by atoms with van der Waals surface area (Å²) < 4.78 is 27.2. The van der Waals surface area contributed by atoms with Gasteiger partial charge in [0.2, 0.25) is 0 Å². The zero-order valence-corrected chi connectivity index (χ0v) is 10.8. The van der Waals surface area contributed by atoms with Gasteiger partial charge in [-0.25, -0.2) is 0 Å². The van der Waals surface area contributed by atoms with Crippen molar-refractivity contribution < 1.29 is 8.42 Å². The third-order valence-corrected chi connectivity index (χ3v) is 3.67. The van der Waals surface area contributed by atoms with Crippen LogP contribution in [-0.2, 0) is 10.2 Å². The second kappa shape index (κ2) is 4.38. The Hall–Kier alpha value is -0.790. The average molecular weight is 294 g/mol. The maximum atomic E-state index is 11.5. The Morgan fingerprint density at radius 2 is 2.00 bits per heavy atom. The van der Waals surface area contributed by atoms with E-state index in [9.17, 15) is 8.42 Å². The summed E-state index contributed by atoms with van der Waals surface area (Å²) >= 11 is 3.24. The first kappa shape index (κ1) is 12.3. The highest BCUT2D eigenvalue weighted by Gasteiger charge is 2.14. The highest BCUT2D eigenvalue weighted by atomic mass is 79.9. The van der Waals surface area contributed by atoms with E-state index in [4.69, 9.17) is 5.73 Å². The van der Waals surface area contributed by atoms with Gasteiger partial charge in [0, 0.05) is 18.6 Å². The third-order valence-electron chi connectivity index (χ3n) is 1.73. The molecular weight excluding hydrogens is 282 g/mol. The second-order valence-corrected chi connectivity index (χ2v) is 5.92. The van der Waals surface area contributed by atoms with Gasteiger partial charge in [-0.3, -0.25) is 4.72 Å². The van der Waals surface area contributed by atoms with Gasteiger partial charge in [0.05, 0.1) is 11.4 Å². The molecule has 0 aliphatic rings. The minimum atomic E-state index is -3.50. The Morgan fingerprint density at radius 1 is 1.40 bits per heavy atom. The molecule has 0 saturated heterocycles. The second-order valence-electron chi connectivity index (χ2n) is 3.12. The number of nitrogens with zero attached hydrogens (tertiary/aromatic N) is 1. The van der Waals surface area contributed by atoms with Gasteiger partial charge < -0.3 is 5.73 Å². The fourth-order valence-electron chi connectivity index (χ4n) is 0.857. The van der Waals surface area contributed by atoms with Crippen LogP contribution in [0, 0.1) is 0 Å². The minimum Gasteiger partial charge on any atom is -0.397 e. The molecule has 5 nitrogen and oxygen atoms in total. The van der Waals surface area contributed by atoms with Crippen molar-refractivity contribution >= 4 is 37.5 Å². The molecule has 0 aliphatic heterocycles. The smallest absolute Gasteiger partial charge is 0.301 e. The molecule has 7 heteroatoms. The van der Waals surface area contributed by atoms with E-state index in [2.05, 4.69) is 20.7 Å². The molecule has 3 N–H and O–H groups in total. The maximum absolute atomic E-state index is 11.5. The summed E-state index contributed by atoms with van der Waals surface area (Å²) in [6.07, 6.45) is 0. The van der Waals surface area contributed by atoms with E-state index in [-0.39, 0.29) is 0 Å². The number of nitrogens with one attached hydrogen (secondary N) is 1. The molecule has 0 saturated carbocycles. The third kappa shape index (κ3) is 3.08. The predicted octanol–water partition coefficient (Wildman–Crippen LogP) is 1.25.